The van der Waals surface area contributed by atoms with E-state index in [0.717, 1.165) is 59.3 Å². The zero-order valence-electron chi connectivity index (χ0n) is 35.3. The van der Waals surface area contributed by atoms with E-state index in [-0.39, 0.29) is 33.5 Å². The fourth-order valence-corrected chi connectivity index (χ4v) is 7.68. The van der Waals surface area contributed by atoms with E-state index < -0.39 is 0 Å². The van der Waals surface area contributed by atoms with Crippen LogP contribution in [0, 0.1) is 0 Å². The molecule has 0 unspecified atom stereocenters. The Hall–Kier alpha value is -4.18. The molecule has 0 N–H and O–H groups in total. The van der Waals surface area contributed by atoms with Gasteiger partial charge < -0.3 is 9.80 Å². The standard InChI is InChI=1S/C50H64N2O2/c1-47(2,3)39-24-36(25-40(30-39)48(4,5)6)33-21-34(37-26-41(49(7,8)9)31-42(27-37)50(10,11)12)23-35(22-33)38-28-43(51-19-15-13-17-45(51)53)32-44(29-38)52-20-16-14-18-46(52)54/h21-32H,13-20H2,1-12H3. The van der Waals surface area contributed by atoms with Crippen LogP contribution >= 0.6 is 0 Å². The van der Waals surface area contributed by atoms with Crippen molar-refractivity contribution in [3.8, 4) is 33.4 Å². The topological polar surface area (TPSA) is 40.6 Å². The van der Waals surface area contributed by atoms with Gasteiger partial charge >= 0.3 is 0 Å². The Morgan fingerprint density at radius 3 is 0.907 bits per heavy atom. The summed E-state index contributed by atoms with van der Waals surface area (Å²) in [6.45, 7) is 28.9. The molecule has 54 heavy (non-hydrogen) atoms. The van der Waals surface area contributed by atoms with Gasteiger partial charge in [-0.1, -0.05) is 119 Å². The summed E-state index contributed by atoms with van der Waals surface area (Å²) in [5, 5.41) is 0. The van der Waals surface area contributed by atoms with Crippen molar-refractivity contribution in [3.05, 3.63) is 95.1 Å². The fraction of sp³-hybridized carbons (Fsp3) is 0.480. The molecule has 286 valence electrons. The molecule has 0 spiro atoms. The number of nitrogens with zero attached hydrogens (tertiary/aromatic N) is 2. The molecule has 4 nitrogen and oxygen atoms in total. The second kappa shape index (κ2) is 14.5. The van der Waals surface area contributed by atoms with Crippen LogP contribution in [0.2, 0.25) is 0 Å². The van der Waals surface area contributed by atoms with Crippen molar-refractivity contribution in [2.24, 2.45) is 0 Å². The van der Waals surface area contributed by atoms with E-state index in [4.69, 9.17) is 0 Å². The molecule has 2 aliphatic heterocycles. The maximum atomic E-state index is 13.4. The smallest absolute Gasteiger partial charge is 0.226 e. The van der Waals surface area contributed by atoms with Gasteiger partial charge in [0.25, 0.3) is 0 Å². The highest BCUT2D eigenvalue weighted by atomic mass is 16.2. The van der Waals surface area contributed by atoms with Gasteiger partial charge in [0.15, 0.2) is 0 Å². The molecule has 0 aliphatic carbocycles. The van der Waals surface area contributed by atoms with Crippen molar-refractivity contribution in [1.29, 1.82) is 0 Å². The second-order valence-corrected chi connectivity index (χ2v) is 20.1. The molecule has 2 amide bonds. The lowest BCUT2D eigenvalue weighted by atomic mass is 9.78. The summed E-state index contributed by atoms with van der Waals surface area (Å²) in [7, 11) is 0. The average molecular weight is 725 g/mol. The summed E-state index contributed by atoms with van der Waals surface area (Å²) in [5.41, 5.74) is 13.8. The molecule has 4 heteroatoms. The molecule has 2 heterocycles. The van der Waals surface area contributed by atoms with Crippen molar-refractivity contribution in [3.63, 3.8) is 0 Å². The lowest BCUT2D eigenvalue weighted by Crippen LogP contribution is -2.37. The van der Waals surface area contributed by atoms with Crippen LogP contribution in [-0.2, 0) is 31.2 Å². The van der Waals surface area contributed by atoms with Crippen molar-refractivity contribution >= 4 is 23.2 Å². The quantitative estimate of drug-likeness (QED) is 0.206. The molecule has 2 saturated heterocycles. The van der Waals surface area contributed by atoms with Gasteiger partial charge in [-0.3, -0.25) is 9.59 Å². The van der Waals surface area contributed by atoms with Gasteiger partial charge in [0.2, 0.25) is 11.8 Å². The second-order valence-electron chi connectivity index (χ2n) is 20.1. The lowest BCUT2D eigenvalue weighted by Gasteiger charge is -2.31. The van der Waals surface area contributed by atoms with Gasteiger partial charge in [-0.05, 0) is 139 Å². The highest BCUT2D eigenvalue weighted by Crippen LogP contribution is 2.42. The Balaban J connectivity index is 1.66. The van der Waals surface area contributed by atoms with E-state index in [1.54, 1.807) is 0 Å². The first-order chi connectivity index (χ1) is 25.1. The minimum atomic E-state index is -0.0235. The number of benzene rings is 4. The highest BCUT2D eigenvalue weighted by molar-refractivity contribution is 5.99. The first-order valence-electron chi connectivity index (χ1n) is 20.3. The number of piperidine rings is 2. The third-order valence-corrected chi connectivity index (χ3v) is 11.4. The predicted octanol–water partition coefficient (Wildman–Crippen LogP) is 12.9. The normalized spacial score (nSPS) is 16.3. The van der Waals surface area contributed by atoms with Gasteiger partial charge in [-0.15, -0.1) is 0 Å². The van der Waals surface area contributed by atoms with Gasteiger partial charge in [0.1, 0.15) is 0 Å². The first-order valence-corrected chi connectivity index (χ1v) is 20.3. The third kappa shape index (κ3) is 8.69. The number of carbonyl (C=O) groups is 2. The molecule has 0 bridgehead atoms. The van der Waals surface area contributed by atoms with E-state index in [1.165, 1.54) is 33.4 Å². The van der Waals surface area contributed by atoms with Gasteiger partial charge in [-0.25, -0.2) is 0 Å². The number of anilines is 2. The van der Waals surface area contributed by atoms with Crippen LogP contribution in [0.15, 0.2) is 72.8 Å². The van der Waals surface area contributed by atoms with Crippen LogP contribution < -0.4 is 9.80 Å². The van der Waals surface area contributed by atoms with Crippen LogP contribution in [0.1, 0.15) is 144 Å². The molecular weight excluding hydrogens is 661 g/mol. The first kappa shape index (κ1) is 39.5. The number of rotatable bonds is 5. The number of amides is 2. The molecule has 4 aromatic rings. The van der Waals surface area contributed by atoms with E-state index in [0.29, 0.717) is 25.9 Å². The Labute approximate surface area is 326 Å². The van der Waals surface area contributed by atoms with E-state index >= 15 is 0 Å². The molecule has 4 aromatic carbocycles. The molecule has 0 atom stereocenters. The van der Waals surface area contributed by atoms with Gasteiger partial charge in [0, 0.05) is 37.3 Å². The van der Waals surface area contributed by atoms with Gasteiger partial charge in [0.05, 0.1) is 0 Å². The number of hydrogen-bond acceptors (Lipinski definition) is 2. The van der Waals surface area contributed by atoms with Crippen molar-refractivity contribution < 1.29 is 9.59 Å². The van der Waals surface area contributed by atoms with Crippen molar-refractivity contribution in [2.45, 2.75) is 143 Å². The summed E-state index contributed by atoms with van der Waals surface area (Å²) in [4.78, 5) is 30.6. The molecule has 2 aliphatic rings. The highest BCUT2D eigenvalue weighted by Gasteiger charge is 2.27. The minimum Gasteiger partial charge on any atom is -0.312 e. The Kier molecular flexibility index (Phi) is 10.6. The van der Waals surface area contributed by atoms with E-state index in [1.807, 2.05) is 9.80 Å². The minimum absolute atomic E-state index is 0.0235. The van der Waals surface area contributed by atoms with Crippen LogP contribution in [0.3, 0.4) is 0 Å². The SMILES string of the molecule is CC(C)(C)c1cc(-c2cc(-c3cc(N4CCCCC4=O)cc(N4CCCCC4=O)c3)cc(-c3cc(C(C)(C)C)cc(C(C)(C)C)c3)c2)cc(C(C)(C)C)c1. The van der Waals surface area contributed by atoms with Gasteiger partial charge in [-0.2, -0.15) is 0 Å². The Morgan fingerprint density at radius 2 is 0.630 bits per heavy atom. The van der Waals surface area contributed by atoms with Crippen LogP contribution in [0.25, 0.3) is 33.4 Å². The van der Waals surface area contributed by atoms with E-state index in [9.17, 15) is 9.59 Å². The summed E-state index contributed by atoms with van der Waals surface area (Å²) in [6.07, 6.45) is 4.92. The zero-order chi connectivity index (χ0) is 39.4. The fourth-order valence-electron chi connectivity index (χ4n) is 7.68. The van der Waals surface area contributed by atoms with Crippen molar-refractivity contribution in [2.75, 3.05) is 22.9 Å². The van der Waals surface area contributed by atoms with Crippen LogP contribution in [0.4, 0.5) is 11.4 Å². The summed E-state index contributed by atoms with van der Waals surface area (Å²) >= 11 is 0. The molecule has 0 radical (unpaired) electrons. The molecule has 6 rings (SSSR count). The third-order valence-electron chi connectivity index (χ3n) is 11.4. The molecular formula is C50H64N2O2. The monoisotopic (exact) mass is 724 g/mol. The molecule has 0 saturated carbocycles. The largest absolute Gasteiger partial charge is 0.312 e. The van der Waals surface area contributed by atoms with Crippen LogP contribution in [-0.4, -0.2) is 24.9 Å². The maximum absolute atomic E-state index is 13.4. The van der Waals surface area contributed by atoms with Crippen LogP contribution in [0.5, 0.6) is 0 Å². The molecule has 0 aromatic heterocycles. The summed E-state index contributed by atoms with van der Waals surface area (Å²) < 4.78 is 0. The molecule has 2 fully saturated rings. The summed E-state index contributed by atoms with van der Waals surface area (Å²) in [5.74, 6) is 0.317. The predicted molar refractivity (Wildman–Crippen MR) is 230 cm³/mol. The maximum Gasteiger partial charge on any atom is 0.226 e. The summed E-state index contributed by atoms with van der Waals surface area (Å²) in [6, 6.07) is 27.8. The number of carbonyl (C=O) groups excluding carboxylic acids is 2. The zero-order valence-corrected chi connectivity index (χ0v) is 35.3. The van der Waals surface area contributed by atoms with Crippen molar-refractivity contribution in [1.82, 2.24) is 0 Å². The number of hydrogen-bond donors (Lipinski definition) is 0. The Morgan fingerprint density at radius 1 is 0.352 bits per heavy atom. The average Bonchev–Trinajstić information content (AvgIpc) is 3.10. The lowest BCUT2D eigenvalue weighted by molar-refractivity contribution is -0.120. The van der Waals surface area contributed by atoms with E-state index in [2.05, 4.69) is 156 Å². The Bertz CT molecular complexity index is 1850.